The lowest BCUT2D eigenvalue weighted by molar-refractivity contribution is 0.408. The highest BCUT2D eigenvalue weighted by Gasteiger charge is 2.18. The van der Waals surface area contributed by atoms with Gasteiger partial charge in [0, 0.05) is 23.9 Å². The van der Waals surface area contributed by atoms with Crippen LogP contribution >= 0.6 is 0 Å². The summed E-state index contributed by atoms with van der Waals surface area (Å²) in [5.41, 5.74) is 4.81. The SMILES string of the molecule is COc1ccc(C(c2ccccc2)c2ccc(OC)c(Cn3ccnc3)c2)cc1. The number of rotatable bonds is 7. The van der Waals surface area contributed by atoms with Gasteiger partial charge < -0.3 is 14.0 Å². The van der Waals surface area contributed by atoms with E-state index in [4.69, 9.17) is 9.47 Å². The van der Waals surface area contributed by atoms with Crippen molar-refractivity contribution in [1.29, 1.82) is 0 Å². The molecule has 0 aliphatic carbocycles. The molecule has 4 aromatic rings. The van der Waals surface area contributed by atoms with Crippen LogP contribution in [0.25, 0.3) is 0 Å². The summed E-state index contributed by atoms with van der Waals surface area (Å²) < 4.78 is 13.0. The second kappa shape index (κ2) is 8.65. The van der Waals surface area contributed by atoms with Gasteiger partial charge in [-0.05, 0) is 41.0 Å². The molecule has 0 bridgehead atoms. The summed E-state index contributed by atoms with van der Waals surface area (Å²) in [7, 11) is 3.40. The first-order valence-electron chi connectivity index (χ1n) is 9.60. The number of hydrogen-bond acceptors (Lipinski definition) is 3. The number of benzene rings is 3. The summed E-state index contributed by atoms with van der Waals surface area (Å²) in [5.74, 6) is 1.86. The molecule has 1 unspecified atom stereocenters. The predicted molar refractivity (Wildman–Crippen MR) is 115 cm³/mol. The molecule has 0 radical (unpaired) electrons. The average Bonchev–Trinajstić information content (AvgIpc) is 3.28. The van der Waals surface area contributed by atoms with Crippen LogP contribution in [0.3, 0.4) is 0 Å². The summed E-state index contributed by atoms with van der Waals surface area (Å²) in [6.07, 6.45) is 5.58. The molecule has 1 atom stereocenters. The molecule has 0 aliphatic heterocycles. The van der Waals surface area contributed by atoms with Gasteiger partial charge in [-0.1, -0.05) is 48.5 Å². The van der Waals surface area contributed by atoms with E-state index in [9.17, 15) is 0 Å². The first-order valence-corrected chi connectivity index (χ1v) is 9.60. The Morgan fingerprint density at radius 3 is 2.21 bits per heavy atom. The molecule has 0 saturated heterocycles. The molecule has 146 valence electrons. The fraction of sp³-hybridized carbons (Fsp3) is 0.160. The van der Waals surface area contributed by atoms with Crippen LogP contribution in [0.4, 0.5) is 0 Å². The topological polar surface area (TPSA) is 36.3 Å². The lowest BCUT2D eigenvalue weighted by Crippen LogP contribution is -2.06. The molecular formula is C25H24N2O2. The maximum absolute atomic E-state index is 5.62. The van der Waals surface area contributed by atoms with Crippen molar-refractivity contribution in [3.63, 3.8) is 0 Å². The van der Waals surface area contributed by atoms with E-state index in [0.29, 0.717) is 6.54 Å². The Morgan fingerprint density at radius 1 is 0.828 bits per heavy atom. The molecule has 4 nitrogen and oxygen atoms in total. The van der Waals surface area contributed by atoms with E-state index in [0.717, 1.165) is 17.1 Å². The summed E-state index contributed by atoms with van der Waals surface area (Å²) in [6, 6.07) is 25.3. The van der Waals surface area contributed by atoms with Gasteiger partial charge >= 0.3 is 0 Å². The van der Waals surface area contributed by atoms with E-state index in [-0.39, 0.29) is 5.92 Å². The molecule has 29 heavy (non-hydrogen) atoms. The molecule has 3 aromatic carbocycles. The summed E-state index contributed by atoms with van der Waals surface area (Å²) in [4.78, 5) is 4.15. The Hall–Kier alpha value is -3.53. The van der Waals surface area contributed by atoms with Gasteiger partial charge in [-0.2, -0.15) is 0 Å². The van der Waals surface area contributed by atoms with Crippen LogP contribution < -0.4 is 9.47 Å². The maximum atomic E-state index is 5.62. The number of hydrogen-bond donors (Lipinski definition) is 0. The van der Waals surface area contributed by atoms with Crippen molar-refractivity contribution >= 4 is 0 Å². The minimum absolute atomic E-state index is 0.120. The van der Waals surface area contributed by atoms with Gasteiger partial charge in [-0.3, -0.25) is 0 Å². The Bertz CT molecular complexity index is 1040. The number of aromatic nitrogens is 2. The van der Waals surface area contributed by atoms with E-state index < -0.39 is 0 Å². The summed E-state index contributed by atoms with van der Waals surface area (Å²) in [5, 5.41) is 0. The molecule has 4 rings (SSSR count). The van der Waals surface area contributed by atoms with E-state index >= 15 is 0 Å². The minimum Gasteiger partial charge on any atom is -0.497 e. The van der Waals surface area contributed by atoms with E-state index in [1.165, 1.54) is 16.7 Å². The van der Waals surface area contributed by atoms with Gasteiger partial charge in [-0.15, -0.1) is 0 Å². The minimum atomic E-state index is 0.120. The monoisotopic (exact) mass is 384 g/mol. The lowest BCUT2D eigenvalue weighted by atomic mass is 9.84. The van der Waals surface area contributed by atoms with Crippen LogP contribution in [0.1, 0.15) is 28.2 Å². The van der Waals surface area contributed by atoms with Gasteiger partial charge in [-0.25, -0.2) is 4.98 Å². The zero-order valence-electron chi connectivity index (χ0n) is 16.7. The lowest BCUT2D eigenvalue weighted by Gasteiger charge is -2.21. The Labute approximate surface area is 171 Å². The third kappa shape index (κ3) is 4.16. The summed E-state index contributed by atoms with van der Waals surface area (Å²) >= 11 is 0. The van der Waals surface area contributed by atoms with Gasteiger partial charge in [0.1, 0.15) is 11.5 Å². The summed E-state index contributed by atoms with van der Waals surface area (Å²) in [6.45, 7) is 0.709. The van der Waals surface area contributed by atoms with Crippen molar-refractivity contribution in [2.24, 2.45) is 0 Å². The highest BCUT2D eigenvalue weighted by molar-refractivity contribution is 5.48. The van der Waals surface area contributed by atoms with Crippen molar-refractivity contribution in [2.45, 2.75) is 12.5 Å². The van der Waals surface area contributed by atoms with E-state index in [2.05, 4.69) is 59.6 Å². The Balaban J connectivity index is 1.79. The second-order valence-corrected chi connectivity index (χ2v) is 6.92. The molecule has 4 heteroatoms. The largest absolute Gasteiger partial charge is 0.497 e. The quantitative estimate of drug-likeness (QED) is 0.415. The second-order valence-electron chi connectivity index (χ2n) is 6.92. The van der Waals surface area contributed by atoms with Crippen LogP contribution in [0, 0.1) is 0 Å². The van der Waals surface area contributed by atoms with Gasteiger partial charge in [0.25, 0.3) is 0 Å². The van der Waals surface area contributed by atoms with Crippen LogP contribution in [0.2, 0.25) is 0 Å². The number of ether oxygens (including phenoxy) is 2. The van der Waals surface area contributed by atoms with Crippen molar-refractivity contribution < 1.29 is 9.47 Å². The smallest absolute Gasteiger partial charge is 0.123 e. The molecule has 0 N–H and O–H groups in total. The molecule has 0 saturated carbocycles. The molecule has 0 amide bonds. The zero-order valence-corrected chi connectivity index (χ0v) is 16.7. The van der Waals surface area contributed by atoms with Crippen LogP contribution in [-0.2, 0) is 6.54 Å². The third-order valence-electron chi connectivity index (χ3n) is 5.13. The fourth-order valence-corrected chi connectivity index (χ4v) is 3.70. The molecule has 0 fully saturated rings. The number of nitrogens with zero attached hydrogens (tertiary/aromatic N) is 2. The standard InChI is InChI=1S/C25H24N2O2/c1-28-23-11-8-20(9-12-23)25(19-6-4-3-5-7-19)21-10-13-24(29-2)22(16-21)17-27-15-14-26-18-27/h3-16,18,25H,17H2,1-2H3. The van der Waals surface area contributed by atoms with E-state index in [1.54, 1.807) is 20.4 Å². The van der Waals surface area contributed by atoms with Gasteiger partial charge in [0.2, 0.25) is 0 Å². The van der Waals surface area contributed by atoms with Crippen molar-refractivity contribution in [3.05, 3.63) is 114 Å². The number of imidazole rings is 1. The first kappa shape index (κ1) is 18.8. The third-order valence-corrected chi connectivity index (χ3v) is 5.13. The van der Waals surface area contributed by atoms with E-state index in [1.807, 2.05) is 35.3 Å². The van der Waals surface area contributed by atoms with Gasteiger partial charge in [0.05, 0.1) is 27.1 Å². The van der Waals surface area contributed by atoms with Crippen molar-refractivity contribution in [2.75, 3.05) is 14.2 Å². The Kier molecular flexibility index (Phi) is 5.61. The molecular weight excluding hydrogens is 360 g/mol. The maximum Gasteiger partial charge on any atom is 0.123 e. The highest BCUT2D eigenvalue weighted by Crippen LogP contribution is 2.35. The molecule has 0 spiro atoms. The normalized spacial score (nSPS) is 11.8. The van der Waals surface area contributed by atoms with Gasteiger partial charge in [0.15, 0.2) is 0 Å². The van der Waals surface area contributed by atoms with Crippen LogP contribution in [0.5, 0.6) is 11.5 Å². The molecule has 1 heterocycles. The Morgan fingerprint density at radius 2 is 1.55 bits per heavy atom. The van der Waals surface area contributed by atoms with Crippen molar-refractivity contribution in [1.82, 2.24) is 9.55 Å². The first-order chi connectivity index (χ1) is 14.3. The van der Waals surface area contributed by atoms with Crippen LogP contribution in [-0.4, -0.2) is 23.8 Å². The van der Waals surface area contributed by atoms with Crippen LogP contribution in [0.15, 0.2) is 91.5 Å². The fourth-order valence-electron chi connectivity index (χ4n) is 3.70. The molecule has 1 aromatic heterocycles. The zero-order chi connectivity index (χ0) is 20.1. The predicted octanol–water partition coefficient (Wildman–Crippen LogP) is 5.13. The average molecular weight is 384 g/mol. The highest BCUT2D eigenvalue weighted by atomic mass is 16.5. The van der Waals surface area contributed by atoms with Crippen molar-refractivity contribution in [3.8, 4) is 11.5 Å². The molecule has 0 aliphatic rings. The number of methoxy groups -OCH3 is 2.